The molecule has 0 aromatic heterocycles. The molecule has 1 aliphatic carbocycles. The fourth-order valence-electron chi connectivity index (χ4n) is 4.52. The molecule has 8 heteroatoms. The second-order valence-corrected chi connectivity index (χ2v) is 8.52. The van der Waals surface area contributed by atoms with Gasteiger partial charge in [0.2, 0.25) is 0 Å². The van der Waals surface area contributed by atoms with E-state index < -0.39 is 57.3 Å². The summed E-state index contributed by atoms with van der Waals surface area (Å²) in [6, 6.07) is 9.01. The van der Waals surface area contributed by atoms with Crippen molar-refractivity contribution in [2.75, 3.05) is 6.61 Å². The maximum atomic E-state index is 15.3. The molecule has 1 aliphatic rings. The Labute approximate surface area is 198 Å². The molecule has 1 nitrogen and oxygen atoms in total. The Bertz CT molecular complexity index is 1270. The van der Waals surface area contributed by atoms with Gasteiger partial charge in [0, 0.05) is 0 Å². The molecule has 3 aromatic carbocycles. The van der Waals surface area contributed by atoms with Crippen LogP contribution in [0.1, 0.15) is 48.1 Å². The van der Waals surface area contributed by atoms with Crippen LogP contribution in [0.15, 0.2) is 42.5 Å². The SMILES string of the molecule is CCCc1ccc(CCc2ccc3c(c2F)C(F)(F)C(F)(F)c2c-3ccc(OCC)c2F)c(F)c1. The number of aryl methyl sites for hydroxylation is 3. The zero-order valence-corrected chi connectivity index (χ0v) is 19.1. The normalized spacial score (nSPS) is 15.5. The van der Waals surface area contributed by atoms with Crippen LogP contribution in [0.2, 0.25) is 0 Å². The maximum Gasteiger partial charge on any atom is 0.343 e. The van der Waals surface area contributed by atoms with Crippen LogP contribution in [0.25, 0.3) is 11.1 Å². The fraction of sp³-hybridized carbons (Fsp3) is 0.333. The lowest BCUT2D eigenvalue weighted by atomic mass is 9.78. The first-order valence-electron chi connectivity index (χ1n) is 11.3. The average molecular weight is 496 g/mol. The van der Waals surface area contributed by atoms with Crippen LogP contribution in [-0.4, -0.2) is 6.61 Å². The van der Waals surface area contributed by atoms with Crippen LogP contribution in [0.3, 0.4) is 0 Å². The molecule has 35 heavy (non-hydrogen) atoms. The summed E-state index contributed by atoms with van der Waals surface area (Å²) < 4.78 is 110. The lowest BCUT2D eigenvalue weighted by Crippen LogP contribution is -2.41. The largest absolute Gasteiger partial charge is 0.491 e. The van der Waals surface area contributed by atoms with Gasteiger partial charge in [-0.05, 0) is 72.2 Å². The number of alkyl halides is 4. The predicted octanol–water partition coefficient (Wildman–Crippen LogP) is 8.10. The summed E-state index contributed by atoms with van der Waals surface area (Å²) in [6.07, 6.45) is 1.32. The van der Waals surface area contributed by atoms with Gasteiger partial charge in [0.1, 0.15) is 11.6 Å². The van der Waals surface area contributed by atoms with Gasteiger partial charge in [-0.15, -0.1) is 0 Å². The van der Waals surface area contributed by atoms with Crippen molar-refractivity contribution >= 4 is 0 Å². The highest BCUT2D eigenvalue weighted by Gasteiger charge is 2.65. The topological polar surface area (TPSA) is 9.23 Å². The third-order valence-electron chi connectivity index (χ3n) is 6.26. The van der Waals surface area contributed by atoms with Crippen LogP contribution in [-0.2, 0) is 31.1 Å². The summed E-state index contributed by atoms with van der Waals surface area (Å²) in [5, 5.41) is 0. The molecule has 3 aromatic rings. The summed E-state index contributed by atoms with van der Waals surface area (Å²) >= 11 is 0. The Hall–Kier alpha value is -3.03. The molecular weight excluding hydrogens is 473 g/mol. The standard InChI is InChI=1S/C27H23F7O/c1-3-5-15-6-7-16(20(28)14-15)8-9-17-10-11-18-19-12-13-21(35-4-2)25(30)23(19)27(33,34)26(31,32)22(18)24(17)29/h6-7,10-14H,3-5,8-9H2,1-2H3. The summed E-state index contributed by atoms with van der Waals surface area (Å²) in [4.78, 5) is 0. The highest BCUT2D eigenvalue weighted by atomic mass is 19.3. The van der Waals surface area contributed by atoms with Crippen molar-refractivity contribution in [2.24, 2.45) is 0 Å². The zero-order valence-electron chi connectivity index (χ0n) is 19.1. The Balaban J connectivity index is 1.76. The van der Waals surface area contributed by atoms with Crippen molar-refractivity contribution in [3.05, 3.63) is 87.7 Å². The molecular formula is C27H23F7O. The predicted molar refractivity (Wildman–Crippen MR) is 119 cm³/mol. The van der Waals surface area contributed by atoms with E-state index >= 15 is 13.2 Å². The van der Waals surface area contributed by atoms with E-state index in [4.69, 9.17) is 4.74 Å². The van der Waals surface area contributed by atoms with E-state index in [1.165, 1.54) is 19.1 Å². The highest BCUT2D eigenvalue weighted by Crippen LogP contribution is 2.60. The van der Waals surface area contributed by atoms with Crippen molar-refractivity contribution in [3.8, 4) is 16.9 Å². The zero-order chi connectivity index (χ0) is 25.5. The van der Waals surface area contributed by atoms with Crippen molar-refractivity contribution in [3.63, 3.8) is 0 Å². The van der Waals surface area contributed by atoms with Crippen LogP contribution < -0.4 is 4.74 Å². The number of rotatable bonds is 7. The van der Waals surface area contributed by atoms with Gasteiger partial charge in [-0.2, -0.15) is 17.6 Å². The van der Waals surface area contributed by atoms with Crippen molar-refractivity contribution in [2.45, 2.75) is 51.4 Å². The van der Waals surface area contributed by atoms with Gasteiger partial charge in [0.25, 0.3) is 0 Å². The molecule has 0 aliphatic heterocycles. The monoisotopic (exact) mass is 496 g/mol. The molecule has 0 atom stereocenters. The van der Waals surface area contributed by atoms with Crippen LogP contribution in [0, 0.1) is 17.5 Å². The number of hydrogen-bond acceptors (Lipinski definition) is 1. The van der Waals surface area contributed by atoms with Crippen LogP contribution in [0.5, 0.6) is 5.75 Å². The molecule has 0 fully saturated rings. The molecule has 186 valence electrons. The Morgan fingerprint density at radius 2 is 1.26 bits per heavy atom. The third-order valence-corrected chi connectivity index (χ3v) is 6.26. The van der Waals surface area contributed by atoms with E-state index in [-0.39, 0.29) is 30.6 Å². The van der Waals surface area contributed by atoms with Gasteiger partial charge < -0.3 is 4.74 Å². The number of benzene rings is 3. The number of halogens is 7. The minimum Gasteiger partial charge on any atom is -0.491 e. The molecule has 0 heterocycles. The minimum atomic E-state index is -5.02. The van der Waals surface area contributed by atoms with Crippen molar-refractivity contribution in [1.82, 2.24) is 0 Å². The summed E-state index contributed by atoms with van der Waals surface area (Å²) in [6.45, 7) is 3.38. The number of hydrogen-bond donors (Lipinski definition) is 0. The smallest absolute Gasteiger partial charge is 0.343 e. The third kappa shape index (κ3) is 4.06. The molecule has 0 saturated carbocycles. The Kier molecular flexibility index (Phi) is 6.60. The summed E-state index contributed by atoms with van der Waals surface area (Å²) in [5.74, 6) is -14.2. The summed E-state index contributed by atoms with van der Waals surface area (Å²) in [7, 11) is 0. The minimum absolute atomic E-state index is 0.0150. The van der Waals surface area contributed by atoms with Crippen molar-refractivity contribution in [1.29, 1.82) is 0 Å². The first kappa shape index (κ1) is 25.1. The van der Waals surface area contributed by atoms with Gasteiger partial charge in [0.05, 0.1) is 17.7 Å². The second kappa shape index (κ2) is 9.21. The van der Waals surface area contributed by atoms with Gasteiger partial charge in [-0.1, -0.05) is 37.6 Å². The number of fused-ring (bicyclic) bond motifs is 3. The van der Waals surface area contributed by atoms with Gasteiger partial charge in [0.15, 0.2) is 11.6 Å². The fourth-order valence-corrected chi connectivity index (χ4v) is 4.52. The van der Waals surface area contributed by atoms with E-state index in [9.17, 15) is 17.6 Å². The molecule has 0 spiro atoms. The van der Waals surface area contributed by atoms with E-state index in [1.807, 2.05) is 6.92 Å². The summed E-state index contributed by atoms with van der Waals surface area (Å²) in [5.41, 5.74) is -3.26. The average Bonchev–Trinajstić information content (AvgIpc) is 2.79. The van der Waals surface area contributed by atoms with Gasteiger partial charge in [-0.25, -0.2) is 13.2 Å². The van der Waals surface area contributed by atoms with Gasteiger partial charge >= 0.3 is 11.8 Å². The van der Waals surface area contributed by atoms with Crippen molar-refractivity contribution < 1.29 is 35.5 Å². The van der Waals surface area contributed by atoms with E-state index in [0.717, 1.165) is 30.2 Å². The van der Waals surface area contributed by atoms with E-state index in [2.05, 4.69) is 0 Å². The maximum absolute atomic E-state index is 15.3. The first-order valence-corrected chi connectivity index (χ1v) is 11.3. The van der Waals surface area contributed by atoms with Crippen LogP contribution in [0.4, 0.5) is 30.7 Å². The quantitative estimate of drug-likeness (QED) is 0.300. The lowest BCUT2D eigenvalue weighted by molar-refractivity contribution is -0.228. The second-order valence-electron chi connectivity index (χ2n) is 8.52. The van der Waals surface area contributed by atoms with Crippen LogP contribution >= 0.6 is 0 Å². The molecule has 0 saturated heterocycles. The molecule has 4 rings (SSSR count). The Morgan fingerprint density at radius 1 is 0.686 bits per heavy atom. The van der Waals surface area contributed by atoms with E-state index in [0.29, 0.717) is 6.42 Å². The Morgan fingerprint density at radius 3 is 1.86 bits per heavy atom. The van der Waals surface area contributed by atoms with E-state index in [1.54, 1.807) is 12.1 Å². The molecule has 0 N–H and O–H groups in total. The lowest BCUT2D eigenvalue weighted by Gasteiger charge is -2.35. The first-order chi connectivity index (χ1) is 16.5. The molecule has 0 unspecified atom stereocenters. The highest BCUT2D eigenvalue weighted by molar-refractivity contribution is 5.77. The molecule has 0 bridgehead atoms. The number of ether oxygens (including phenoxy) is 1. The molecule has 0 amide bonds. The van der Waals surface area contributed by atoms with Gasteiger partial charge in [-0.3, -0.25) is 0 Å². The molecule has 0 radical (unpaired) electrons.